The number of nitrogens with zero attached hydrogens (tertiary/aromatic N) is 1. The van der Waals surface area contributed by atoms with Crippen LogP contribution in [0.1, 0.15) is 92.7 Å². The Morgan fingerprint density at radius 2 is 1.63 bits per heavy atom. The number of benzene rings is 1. The Labute approximate surface area is 210 Å². The Bertz CT molecular complexity index is 815. The molecule has 3 amide bonds. The summed E-state index contributed by atoms with van der Waals surface area (Å²) in [6.07, 6.45) is 2.58. The molecule has 0 saturated carbocycles. The molecular weight excluding hydrogens is 446 g/mol. The summed E-state index contributed by atoms with van der Waals surface area (Å²) in [6.45, 7) is 15.5. The molecule has 0 aliphatic rings. The summed E-state index contributed by atoms with van der Waals surface area (Å²) in [6, 6.07) is 4.18. The minimum Gasteiger partial charge on any atom is -0.508 e. The van der Waals surface area contributed by atoms with Gasteiger partial charge in [-0.1, -0.05) is 45.7 Å². The van der Waals surface area contributed by atoms with Crippen molar-refractivity contribution >= 4 is 17.9 Å². The molecule has 0 aliphatic heterocycles. The molecule has 2 unspecified atom stereocenters. The third-order valence-corrected chi connectivity index (χ3v) is 5.32. The van der Waals surface area contributed by atoms with E-state index in [1.54, 1.807) is 32.9 Å². The van der Waals surface area contributed by atoms with Gasteiger partial charge >= 0.3 is 6.09 Å². The number of rotatable bonds is 12. The van der Waals surface area contributed by atoms with Crippen LogP contribution < -0.4 is 10.6 Å². The van der Waals surface area contributed by atoms with Crippen LogP contribution >= 0.6 is 0 Å². The average molecular weight is 492 g/mol. The molecule has 0 heterocycles. The fraction of sp³-hybridized carbons (Fsp3) is 0.667. The van der Waals surface area contributed by atoms with Crippen molar-refractivity contribution in [2.75, 3.05) is 6.54 Å². The van der Waals surface area contributed by atoms with E-state index in [0.717, 1.165) is 19.3 Å². The van der Waals surface area contributed by atoms with Crippen molar-refractivity contribution in [1.82, 2.24) is 15.5 Å². The van der Waals surface area contributed by atoms with Gasteiger partial charge in [-0.2, -0.15) is 0 Å². The number of alkyl carbamates (subject to hydrolysis) is 1. The SMILES string of the molecule is CCCCCNC(=O)C(c1ccc(O)cc1)N(C(=O)C(CC(C)C)NC(=O)OC(C)(C)C)C(C)C. The topological polar surface area (TPSA) is 108 Å². The van der Waals surface area contributed by atoms with E-state index in [0.29, 0.717) is 18.5 Å². The summed E-state index contributed by atoms with van der Waals surface area (Å²) in [5.74, 6) is -0.471. The van der Waals surface area contributed by atoms with E-state index in [1.165, 1.54) is 17.0 Å². The second-order valence-electron chi connectivity index (χ2n) is 10.7. The van der Waals surface area contributed by atoms with Crippen molar-refractivity contribution in [3.8, 4) is 5.75 Å². The first kappa shape index (κ1) is 30.3. The molecule has 1 rings (SSSR count). The van der Waals surface area contributed by atoms with Gasteiger partial charge in [0.1, 0.15) is 23.4 Å². The lowest BCUT2D eigenvalue weighted by Gasteiger charge is -2.37. The van der Waals surface area contributed by atoms with E-state index in [4.69, 9.17) is 4.74 Å². The summed E-state index contributed by atoms with van der Waals surface area (Å²) >= 11 is 0. The van der Waals surface area contributed by atoms with E-state index < -0.39 is 23.8 Å². The summed E-state index contributed by atoms with van der Waals surface area (Å²) in [5.41, 5.74) is -0.126. The first-order valence-corrected chi connectivity index (χ1v) is 12.6. The zero-order valence-electron chi connectivity index (χ0n) is 22.7. The summed E-state index contributed by atoms with van der Waals surface area (Å²) < 4.78 is 5.39. The van der Waals surface area contributed by atoms with Gasteiger partial charge in [-0.05, 0) is 71.1 Å². The van der Waals surface area contributed by atoms with Gasteiger partial charge in [0.25, 0.3) is 0 Å². The van der Waals surface area contributed by atoms with E-state index in [-0.39, 0.29) is 29.5 Å². The Morgan fingerprint density at radius 3 is 2.11 bits per heavy atom. The normalized spacial score (nSPS) is 13.3. The maximum atomic E-state index is 13.9. The largest absolute Gasteiger partial charge is 0.508 e. The van der Waals surface area contributed by atoms with Crippen molar-refractivity contribution in [1.29, 1.82) is 0 Å². The highest BCUT2D eigenvalue weighted by Gasteiger charge is 2.37. The lowest BCUT2D eigenvalue weighted by molar-refractivity contribution is -0.144. The molecular formula is C27H45N3O5. The maximum Gasteiger partial charge on any atom is 0.408 e. The monoisotopic (exact) mass is 491 g/mol. The molecule has 2 atom stereocenters. The molecule has 0 aliphatic carbocycles. The number of phenolic OH excluding ortho intramolecular Hbond substituents is 1. The first-order chi connectivity index (χ1) is 16.3. The van der Waals surface area contributed by atoms with Crippen LogP contribution in [0, 0.1) is 5.92 Å². The molecule has 1 aromatic rings. The van der Waals surface area contributed by atoms with Crippen LogP contribution in [0.3, 0.4) is 0 Å². The third kappa shape index (κ3) is 10.6. The van der Waals surface area contributed by atoms with Gasteiger partial charge in [0.05, 0.1) is 0 Å². The number of carbonyl (C=O) groups excluding carboxylic acids is 3. The Kier molecular flexibility index (Phi) is 12.1. The van der Waals surface area contributed by atoms with Gasteiger partial charge < -0.3 is 25.4 Å². The van der Waals surface area contributed by atoms with E-state index in [2.05, 4.69) is 17.6 Å². The molecule has 0 saturated heterocycles. The summed E-state index contributed by atoms with van der Waals surface area (Å²) in [5, 5.41) is 15.5. The molecule has 0 fully saturated rings. The van der Waals surface area contributed by atoms with Crippen molar-refractivity contribution in [2.24, 2.45) is 5.92 Å². The van der Waals surface area contributed by atoms with Crippen LogP contribution in [-0.2, 0) is 14.3 Å². The molecule has 0 aromatic heterocycles. The fourth-order valence-corrected chi connectivity index (χ4v) is 3.78. The quantitative estimate of drug-likeness (QED) is 0.360. The molecule has 0 radical (unpaired) electrons. The maximum absolute atomic E-state index is 13.9. The minimum absolute atomic E-state index is 0.0718. The molecule has 0 bridgehead atoms. The van der Waals surface area contributed by atoms with Crippen molar-refractivity contribution in [3.63, 3.8) is 0 Å². The van der Waals surface area contributed by atoms with Crippen LogP contribution in [0.4, 0.5) is 4.79 Å². The Balaban J connectivity index is 3.35. The van der Waals surface area contributed by atoms with E-state index >= 15 is 0 Å². The number of unbranched alkanes of at least 4 members (excludes halogenated alkanes) is 2. The number of phenols is 1. The number of amides is 3. The van der Waals surface area contributed by atoms with Crippen LogP contribution in [0.25, 0.3) is 0 Å². The van der Waals surface area contributed by atoms with Gasteiger partial charge in [0.15, 0.2) is 0 Å². The van der Waals surface area contributed by atoms with Crippen molar-refractivity contribution in [3.05, 3.63) is 29.8 Å². The molecule has 1 aromatic carbocycles. The second kappa shape index (κ2) is 14.0. The fourth-order valence-electron chi connectivity index (χ4n) is 3.78. The van der Waals surface area contributed by atoms with E-state index in [9.17, 15) is 19.5 Å². The lowest BCUT2D eigenvalue weighted by Crippen LogP contribution is -2.55. The number of hydrogen-bond donors (Lipinski definition) is 3. The molecule has 35 heavy (non-hydrogen) atoms. The molecule has 8 heteroatoms. The highest BCUT2D eigenvalue weighted by Crippen LogP contribution is 2.27. The van der Waals surface area contributed by atoms with E-state index in [1.807, 2.05) is 27.7 Å². The number of hydrogen-bond acceptors (Lipinski definition) is 5. The highest BCUT2D eigenvalue weighted by atomic mass is 16.6. The van der Waals surface area contributed by atoms with Crippen LogP contribution in [0.2, 0.25) is 0 Å². The average Bonchev–Trinajstić information content (AvgIpc) is 2.73. The molecule has 8 nitrogen and oxygen atoms in total. The summed E-state index contributed by atoms with van der Waals surface area (Å²) in [4.78, 5) is 41.4. The Hall–Kier alpha value is -2.77. The van der Waals surface area contributed by atoms with Crippen LogP contribution in [0.15, 0.2) is 24.3 Å². The number of ether oxygens (including phenoxy) is 1. The molecule has 198 valence electrons. The number of aromatic hydroxyl groups is 1. The van der Waals surface area contributed by atoms with Gasteiger partial charge in [-0.3, -0.25) is 9.59 Å². The zero-order valence-corrected chi connectivity index (χ0v) is 22.7. The zero-order chi connectivity index (χ0) is 26.8. The highest BCUT2D eigenvalue weighted by molar-refractivity contribution is 5.92. The summed E-state index contributed by atoms with van der Waals surface area (Å²) in [7, 11) is 0. The first-order valence-electron chi connectivity index (χ1n) is 12.6. The second-order valence-corrected chi connectivity index (χ2v) is 10.7. The molecule has 3 N–H and O–H groups in total. The molecule has 0 spiro atoms. The minimum atomic E-state index is -0.917. The van der Waals surface area contributed by atoms with Gasteiger partial charge in [-0.15, -0.1) is 0 Å². The Morgan fingerprint density at radius 1 is 1.03 bits per heavy atom. The van der Waals surface area contributed by atoms with Crippen LogP contribution in [0.5, 0.6) is 5.75 Å². The van der Waals surface area contributed by atoms with Gasteiger partial charge in [-0.25, -0.2) is 4.79 Å². The van der Waals surface area contributed by atoms with Gasteiger partial charge in [0, 0.05) is 12.6 Å². The third-order valence-electron chi connectivity index (χ3n) is 5.32. The predicted octanol–water partition coefficient (Wildman–Crippen LogP) is 4.92. The smallest absolute Gasteiger partial charge is 0.408 e. The number of carbonyl (C=O) groups is 3. The van der Waals surface area contributed by atoms with Crippen molar-refractivity contribution < 1.29 is 24.2 Å². The standard InChI is InChI=1S/C27H45N3O5/c1-9-10-11-16-28-24(32)23(20-12-14-21(31)15-13-20)30(19(4)5)25(33)22(17-18(2)3)29-26(34)35-27(6,7)8/h12-15,18-19,22-23,31H,9-11,16-17H2,1-8H3,(H,28,32)(H,29,34). The number of nitrogens with one attached hydrogen (secondary N) is 2. The van der Waals surface area contributed by atoms with Gasteiger partial charge in [0.2, 0.25) is 11.8 Å². The van der Waals surface area contributed by atoms with Crippen LogP contribution in [-0.4, -0.2) is 52.1 Å². The lowest BCUT2D eigenvalue weighted by atomic mass is 9.98. The predicted molar refractivity (Wildman–Crippen MR) is 138 cm³/mol. The van der Waals surface area contributed by atoms with Crippen molar-refractivity contribution in [2.45, 2.75) is 105 Å².